The van der Waals surface area contributed by atoms with Crippen LogP contribution in [0.5, 0.6) is 0 Å². The van der Waals surface area contributed by atoms with Crippen LogP contribution in [0.3, 0.4) is 0 Å². The Balaban J connectivity index is 3.07. The Labute approximate surface area is 115 Å². The summed E-state index contributed by atoms with van der Waals surface area (Å²) in [5.41, 5.74) is 1.51. The topological polar surface area (TPSA) is 78.1 Å². The van der Waals surface area contributed by atoms with Crippen LogP contribution in [0.15, 0.2) is 5.03 Å². The summed E-state index contributed by atoms with van der Waals surface area (Å²) in [4.78, 5) is 0. The second-order valence-corrected chi connectivity index (χ2v) is 6.84. The molecule has 6 nitrogen and oxygen atoms in total. The number of hydrogen-bond acceptors (Lipinski definition) is 4. The standard InChI is InChI=1S/C12H24N4O2S/c1-6-7-13-8-11-10(4)14-15-12(11)19(17,18)16(5)9(2)3/h9,13H,6-8H2,1-5H3,(H,14,15). The Hall–Kier alpha value is -0.920. The molecule has 0 atom stereocenters. The van der Waals surface area contributed by atoms with E-state index in [0.29, 0.717) is 6.54 Å². The third-order valence-electron chi connectivity index (χ3n) is 3.12. The maximum absolute atomic E-state index is 12.5. The Morgan fingerprint density at radius 1 is 1.42 bits per heavy atom. The largest absolute Gasteiger partial charge is 0.313 e. The minimum absolute atomic E-state index is 0.0987. The van der Waals surface area contributed by atoms with E-state index in [0.717, 1.165) is 24.2 Å². The van der Waals surface area contributed by atoms with Crippen LogP contribution in [-0.4, -0.2) is 42.6 Å². The minimum atomic E-state index is -3.53. The average molecular weight is 288 g/mol. The van der Waals surface area contributed by atoms with Crippen molar-refractivity contribution in [3.63, 3.8) is 0 Å². The second-order valence-electron chi connectivity index (χ2n) is 4.92. The average Bonchev–Trinajstić information content (AvgIpc) is 2.71. The lowest BCUT2D eigenvalue weighted by molar-refractivity contribution is 0.408. The first-order valence-corrected chi connectivity index (χ1v) is 7.99. The Morgan fingerprint density at radius 3 is 2.58 bits per heavy atom. The molecule has 0 radical (unpaired) electrons. The Bertz CT molecular complexity index is 508. The van der Waals surface area contributed by atoms with Crippen molar-refractivity contribution in [1.29, 1.82) is 0 Å². The first-order chi connectivity index (χ1) is 8.82. The highest BCUT2D eigenvalue weighted by Gasteiger charge is 2.29. The van der Waals surface area contributed by atoms with E-state index in [1.165, 1.54) is 4.31 Å². The van der Waals surface area contributed by atoms with Crippen molar-refractivity contribution in [2.24, 2.45) is 0 Å². The molecular formula is C12H24N4O2S. The zero-order chi connectivity index (χ0) is 14.6. The van der Waals surface area contributed by atoms with Gasteiger partial charge in [-0.25, -0.2) is 8.42 Å². The Kier molecular flexibility index (Phi) is 5.51. The van der Waals surface area contributed by atoms with Crippen LogP contribution < -0.4 is 5.32 Å². The minimum Gasteiger partial charge on any atom is -0.313 e. The third-order valence-corrected chi connectivity index (χ3v) is 5.12. The number of rotatable bonds is 7. The van der Waals surface area contributed by atoms with Gasteiger partial charge in [-0.1, -0.05) is 6.92 Å². The van der Waals surface area contributed by atoms with Crippen LogP contribution in [0.4, 0.5) is 0 Å². The van der Waals surface area contributed by atoms with Gasteiger partial charge in [-0.05, 0) is 33.7 Å². The van der Waals surface area contributed by atoms with E-state index in [4.69, 9.17) is 0 Å². The highest BCUT2D eigenvalue weighted by atomic mass is 32.2. The highest BCUT2D eigenvalue weighted by Crippen LogP contribution is 2.20. The molecule has 1 aromatic heterocycles. The molecule has 1 rings (SSSR count). The number of aryl methyl sites for hydroxylation is 1. The van der Waals surface area contributed by atoms with Crippen molar-refractivity contribution < 1.29 is 8.42 Å². The molecule has 0 bridgehead atoms. The molecule has 19 heavy (non-hydrogen) atoms. The van der Waals surface area contributed by atoms with Gasteiger partial charge in [-0.2, -0.15) is 9.40 Å². The molecule has 7 heteroatoms. The zero-order valence-electron chi connectivity index (χ0n) is 12.3. The van der Waals surface area contributed by atoms with Gasteiger partial charge >= 0.3 is 0 Å². The SMILES string of the molecule is CCCNCc1c(S(=O)(=O)N(C)C(C)C)n[nH]c1C. The van der Waals surface area contributed by atoms with Gasteiger partial charge in [0.25, 0.3) is 10.0 Å². The van der Waals surface area contributed by atoms with Crippen molar-refractivity contribution in [3.8, 4) is 0 Å². The summed E-state index contributed by atoms with van der Waals surface area (Å²) in [6, 6.07) is -0.0987. The van der Waals surface area contributed by atoms with E-state index in [2.05, 4.69) is 22.4 Å². The molecule has 0 spiro atoms. The van der Waals surface area contributed by atoms with E-state index in [1.54, 1.807) is 7.05 Å². The molecule has 0 aromatic carbocycles. The predicted octanol–water partition coefficient (Wildman–Crippen LogP) is 1.25. The second kappa shape index (κ2) is 6.49. The first kappa shape index (κ1) is 16.1. The van der Waals surface area contributed by atoms with Crippen LogP contribution in [-0.2, 0) is 16.6 Å². The molecule has 0 amide bonds. The molecule has 0 saturated heterocycles. The molecule has 2 N–H and O–H groups in total. The van der Waals surface area contributed by atoms with E-state index in [9.17, 15) is 8.42 Å². The van der Waals surface area contributed by atoms with Crippen molar-refractivity contribution in [2.45, 2.75) is 51.7 Å². The molecule has 110 valence electrons. The number of aromatic amines is 1. The molecular weight excluding hydrogens is 264 g/mol. The maximum Gasteiger partial charge on any atom is 0.262 e. The van der Waals surface area contributed by atoms with Gasteiger partial charge in [-0.15, -0.1) is 0 Å². The van der Waals surface area contributed by atoms with Gasteiger partial charge < -0.3 is 5.32 Å². The lowest BCUT2D eigenvalue weighted by Crippen LogP contribution is -2.34. The van der Waals surface area contributed by atoms with Gasteiger partial charge in [-0.3, -0.25) is 5.10 Å². The fraction of sp³-hybridized carbons (Fsp3) is 0.750. The first-order valence-electron chi connectivity index (χ1n) is 6.55. The molecule has 0 aliphatic carbocycles. The van der Waals surface area contributed by atoms with Crippen molar-refractivity contribution >= 4 is 10.0 Å². The van der Waals surface area contributed by atoms with Crippen LogP contribution in [0.2, 0.25) is 0 Å². The van der Waals surface area contributed by atoms with Crippen LogP contribution >= 0.6 is 0 Å². The monoisotopic (exact) mass is 288 g/mol. The summed E-state index contributed by atoms with van der Waals surface area (Å²) >= 11 is 0. The van der Waals surface area contributed by atoms with Gasteiger partial charge in [0.15, 0.2) is 5.03 Å². The smallest absolute Gasteiger partial charge is 0.262 e. The summed E-state index contributed by atoms with van der Waals surface area (Å²) in [6.07, 6.45) is 1.00. The lowest BCUT2D eigenvalue weighted by atomic mass is 10.2. The van der Waals surface area contributed by atoms with Gasteiger partial charge in [0.05, 0.1) is 0 Å². The summed E-state index contributed by atoms with van der Waals surface area (Å²) in [5.74, 6) is 0. The van der Waals surface area contributed by atoms with E-state index >= 15 is 0 Å². The quantitative estimate of drug-likeness (QED) is 0.740. The molecule has 0 fully saturated rings. The van der Waals surface area contributed by atoms with Crippen LogP contribution in [0, 0.1) is 6.92 Å². The van der Waals surface area contributed by atoms with Gasteiger partial charge in [0, 0.05) is 30.9 Å². The van der Waals surface area contributed by atoms with Crippen LogP contribution in [0.25, 0.3) is 0 Å². The maximum atomic E-state index is 12.5. The number of H-pyrrole nitrogens is 1. The lowest BCUT2D eigenvalue weighted by Gasteiger charge is -2.20. The third kappa shape index (κ3) is 3.55. The number of hydrogen-bond donors (Lipinski definition) is 2. The van der Waals surface area contributed by atoms with E-state index < -0.39 is 10.0 Å². The number of nitrogens with one attached hydrogen (secondary N) is 2. The zero-order valence-corrected chi connectivity index (χ0v) is 13.1. The summed E-state index contributed by atoms with van der Waals surface area (Å²) in [7, 11) is -1.96. The van der Waals surface area contributed by atoms with Crippen LogP contribution in [0.1, 0.15) is 38.4 Å². The molecule has 0 saturated carbocycles. The summed E-state index contributed by atoms with van der Waals surface area (Å²) < 4.78 is 26.3. The summed E-state index contributed by atoms with van der Waals surface area (Å²) in [5, 5.41) is 10.1. The predicted molar refractivity (Wildman–Crippen MR) is 75.4 cm³/mol. The number of aromatic nitrogens is 2. The molecule has 1 aromatic rings. The van der Waals surface area contributed by atoms with Gasteiger partial charge in [0.2, 0.25) is 0 Å². The molecule has 0 aliphatic heterocycles. The van der Waals surface area contributed by atoms with E-state index in [-0.39, 0.29) is 11.1 Å². The highest BCUT2D eigenvalue weighted by molar-refractivity contribution is 7.89. The molecule has 0 unspecified atom stereocenters. The number of sulfonamides is 1. The number of nitrogens with zero attached hydrogens (tertiary/aromatic N) is 2. The Morgan fingerprint density at radius 2 is 2.05 bits per heavy atom. The van der Waals surface area contributed by atoms with Gasteiger partial charge in [0.1, 0.15) is 0 Å². The fourth-order valence-electron chi connectivity index (χ4n) is 1.66. The fourth-order valence-corrected chi connectivity index (χ4v) is 3.18. The van der Waals surface area contributed by atoms with Crippen molar-refractivity contribution in [3.05, 3.63) is 11.3 Å². The van der Waals surface area contributed by atoms with Crippen molar-refractivity contribution in [2.75, 3.05) is 13.6 Å². The molecule has 0 aliphatic rings. The van der Waals surface area contributed by atoms with E-state index in [1.807, 2.05) is 20.8 Å². The molecule has 1 heterocycles. The van der Waals surface area contributed by atoms with Crippen molar-refractivity contribution in [1.82, 2.24) is 19.8 Å². The summed E-state index contributed by atoms with van der Waals surface area (Å²) in [6.45, 7) is 8.95. The normalized spacial score (nSPS) is 12.6.